The summed E-state index contributed by atoms with van der Waals surface area (Å²) >= 11 is 0. The molecule has 2 aromatic rings. The maximum absolute atomic E-state index is 12.4. The van der Waals surface area contributed by atoms with E-state index < -0.39 is 5.60 Å². The molecule has 1 N–H and O–H groups in total. The Morgan fingerprint density at radius 1 is 1.28 bits per heavy atom. The van der Waals surface area contributed by atoms with E-state index in [1.54, 1.807) is 10.5 Å². The van der Waals surface area contributed by atoms with Gasteiger partial charge in [0.25, 0.3) is 5.56 Å². The van der Waals surface area contributed by atoms with E-state index in [9.17, 15) is 9.90 Å². The molecule has 0 aromatic carbocycles. The summed E-state index contributed by atoms with van der Waals surface area (Å²) in [6.07, 6.45) is 2.52. The van der Waals surface area contributed by atoms with Gasteiger partial charge in [-0.3, -0.25) is 14.1 Å². The highest BCUT2D eigenvalue weighted by atomic mass is 16.3. The Morgan fingerprint density at radius 2 is 2.08 bits per heavy atom. The van der Waals surface area contributed by atoms with Crippen molar-refractivity contribution in [3.8, 4) is 0 Å². The van der Waals surface area contributed by atoms with E-state index in [4.69, 9.17) is 0 Å². The first-order chi connectivity index (χ1) is 11.9. The molecule has 1 aliphatic heterocycles. The fourth-order valence-corrected chi connectivity index (χ4v) is 3.81. The number of fused-ring (bicyclic) bond motifs is 1. The lowest BCUT2D eigenvalue weighted by molar-refractivity contribution is 0.00255. The van der Waals surface area contributed by atoms with Gasteiger partial charge in [-0.1, -0.05) is 6.07 Å². The van der Waals surface area contributed by atoms with Crippen LogP contribution in [-0.2, 0) is 6.54 Å². The second-order valence-electron chi connectivity index (χ2n) is 7.54. The second-order valence-corrected chi connectivity index (χ2v) is 7.54. The Labute approximate surface area is 148 Å². The molecule has 3 rings (SSSR count). The lowest BCUT2D eigenvalue weighted by Crippen LogP contribution is -2.40. The summed E-state index contributed by atoms with van der Waals surface area (Å²) in [6, 6.07) is 7.34. The summed E-state index contributed by atoms with van der Waals surface area (Å²) in [7, 11) is 3.99. The summed E-state index contributed by atoms with van der Waals surface area (Å²) in [4.78, 5) is 21.4. The molecule has 25 heavy (non-hydrogen) atoms. The van der Waals surface area contributed by atoms with Crippen molar-refractivity contribution in [3.63, 3.8) is 0 Å². The van der Waals surface area contributed by atoms with Gasteiger partial charge >= 0.3 is 0 Å². The standard InChI is InChI=1S/C19H28N4O2/c1-15-6-4-7-17-20-16(12-18(24)23(15)17)13-22-10-5-8-19(25,9-11-22)14-21(2)3/h4,6-7,12,25H,5,8-11,13-14H2,1-3H3/t19-/m1/s1. The van der Waals surface area contributed by atoms with Crippen LogP contribution in [0.3, 0.4) is 0 Å². The predicted molar refractivity (Wildman–Crippen MR) is 98.8 cm³/mol. The maximum atomic E-state index is 12.4. The highest BCUT2D eigenvalue weighted by Crippen LogP contribution is 2.23. The second kappa shape index (κ2) is 7.23. The Morgan fingerprint density at radius 3 is 2.84 bits per heavy atom. The predicted octanol–water partition coefficient (Wildman–Crippen LogP) is 1.28. The summed E-state index contributed by atoms with van der Waals surface area (Å²) < 4.78 is 1.64. The van der Waals surface area contributed by atoms with Crippen LogP contribution in [-0.4, -0.2) is 63.6 Å². The third-order valence-electron chi connectivity index (χ3n) is 4.94. The minimum absolute atomic E-state index is 0.0305. The molecular formula is C19H28N4O2. The van der Waals surface area contributed by atoms with Crippen LogP contribution in [0.25, 0.3) is 5.65 Å². The molecule has 0 aliphatic carbocycles. The van der Waals surface area contributed by atoms with Crippen LogP contribution in [0.5, 0.6) is 0 Å². The fraction of sp³-hybridized carbons (Fsp3) is 0.579. The van der Waals surface area contributed by atoms with E-state index in [2.05, 4.69) is 9.88 Å². The Kier molecular flexibility index (Phi) is 5.22. The average molecular weight is 344 g/mol. The third-order valence-corrected chi connectivity index (χ3v) is 4.94. The zero-order valence-corrected chi connectivity index (χ0v) is 15.4. The topological polar surface area (TPSA) is 61.1 Å². The molecule has 1 fully saturated rings. The molecule has 6 heteroatoms. The molecule has 3 heterocycles. The van der Waals surface area contributed by atoms with Crippen LogP contribution in [0.1, 0.15) is 30.7 Å². The van der Waals surface area contributed by atoms with Crippen LogP contribution in [0.2, 0.25) is 0 Å². The van der Waals surface area contributed by atoms with Gasteiger partial charge in [0.15, 0.2) is 0 Å². The van der Waals surface area contributed by atoms with Crippen molar-refractivity contribution in [2.24, 2.45) is 0 Å². The smallest absolute Gasteiger partial charge is 0.258 e. The highest BCUT2D eigenvalue weighted by Gasteiger charge is 2.30. The summed E-state index contributed by atoms with van der Waals surface area (Å²) in [5.41, 5.74) is 1.74. The molecule has 0 unspecified atom stereocenters. The van der Waals surface area contributed by atoms with Gasteiger partial charge < -0.3 is 10.0 Å². The quantitative estimate of drug-likeness (QED) is 0.905. The molecule has 0 spiro atoms. The van der Waals surface area contributed by atoms with Gasteiger partial charge in [-0.25, -0.2) is 4.98 Å². The average Bonchev–Trinajstić information content (AvgIpc) is 2.68. The maximum Gasteiger partial charge on any atom is 0.258 e. The molecule has 1 saturated heterocycles. The lowest BCUT2D eigenvalue weighted by atomic mass is 9.94. The van der Waals surface area contributed by atoms with Crippen molar-refractivity contribution >= 4 is 5.65 Å². The Hall–Kier alpha value is -1.76. The molecule has 1 atom stereocenters. The molecule has 0 bridgehead atoms. The van der Waals surface area contributed by atoms with E-state index in [0.29, 0.717) is 18.7 Å². The summed E-state index contributed by atoms with van der Waals surface area (Å²) in [6.45, 7) is 4.99. The third kappa shape index (κ3) is 4.26. The first-order valence-electron chi connectivity index (χ1n) is 8.94. The van der Waals surface area contributed by atoms with E-state index in [1.807, 2.05) is 44.1 Å². The number of hydrogen-bond acceptors (Lipinski definition) is 5. The molecule has 1 aliphatic rings. The zero-order valence-electron chi connectivity index (χ0n) is 15.4. The highest BCUT2D eigenvalue weighted by molar-refractivity contribution is 5.40. The number of hydrogen-bond donors (Lipinski definition) is 1. The number of likely N-dealkylation sites (tertiary alicyclic amines) is 1. The van der Waals surface area contributed by atoms with Crippen LogP contribution in [0.4, 0.5) is 0 Å². The number of pyridine rings is 1. The Bertz CT molecular complexity index is 802. The fourth-order valence-electron chi connectivity index (χ4n) is 3.81. The van der Waals surface area contributed by atoms with Crippen molar-refractivity contribution in [1.82, 2.24) is 19.2 Å². The number of aromatic nitrogens is 2. The number of aliphatic hydroxyl groups is 1. The van der Waals surface area contributed by atoms with Gasteiger partial charge in [-0.05, 0) is 59.0 Å². The SMILES string of the molecule is Cc1cccc2nc(CN3CCC[C@](O)(CN(C)C)CC3)cc(=O)n12. The van der Waals surface area contributed by atoms with Crippen molar-refractivity contribution in [3.05, 3.63) is 46.0 Å². The monoisotopic (exact) mass is 344 g/mol. The first kappa shape index (κ1) is 18.0. The van der Waals surface area contributed by atoms with Gasteiger partial charge in [0, 0.05) is 31.4 Å². The molecule has 2 aromatic heterocycles. The van der Waals surface area contributed by atoms with E-state index in [-0.39, 0.29) is 5.56 Å². The molecule has 6 nitrogen and oxygen atoms in total. The van der Waals surface area contributed by atoms with Crippen LogP contribution >= 0.6 is 0 Å². The summed E-state index contributed by atoms with van der Waals surface area (Å²) in [5, 5.41) is 10.8. The van der Waals surface area contributed by atoms with Crippen LogP contribution in [0.15, 0.2) is 29.1 Å². The van der Waals surface area contributed by atoms with Gasteiger partial charge in [0.1, 0.15) is 5.65 Å². The van der Waals surface area contributed by atoms with Gasteiger partial charge in [-0.2, -0.15) is 0 Å². The zero-order chi connectivity index (χ0) is 18.0. The molecule has 136 valence electrons. The van der Waals surface area contributed by atoms with Gasteiger partial charge in [0.05, 0.1) is 11.3 Å². The van der Waals surface area contributed by atoms with Gasteiger partial charge in [-0.15, -0.1) is 0 Å². The molecule has 0 amide bonds. The van der Waals surface area contributed by atoms with Crippen molar-refractivity contribution in [1.29, 1.82) is 0 Å². The molecule has 0 radical (unpaired) electrons. The van der Waals surface area contributed by atoms with E-state index in [0.717, 1.165) is 43.7 Å². The van der Waals surface area contributed by atoms with Crippen LogP contribution in [0, 0.1) is 6.92 Å². The lowest BCUT2D eigenvalue weighted by Gasteiger charge is -2.30. The normalized spacial score (nSPS) is 22.4. The van der Waals surface area contributed by atoms with Crippen molar-refractivity contribution in [2.45, 2.75) is 38.3 Å². The van der Waals surface area contributed by atoms with Crippen molar-refractivity contribution in [2.75, 3.05) is 33.7 Å². The van der Waals surface area contributed by atoms with Crippen LogP contribution < -0.4 is 5.56 Å². The van der Waals surface area contributed by atoms with Crippen molar-refractivity contribution < 1.29 is 5.11 Å². The number of nitrogens with zero attached hydrogens (tertiary/aromatic N) is 4. The number of aryl methyl sites for hydroxylation is 1. The number of likely N-dealkylation sites (N-methyl/N-ethyl adjacent to an activating group) is 1. The minimum atomic E-state index is -0.619. The van der Waals surface area contributed by atoms with E-state index in [1.165, 1.54) is 0 Å². The first-order valence-corrected chi connectivity index (χ1v) is 8.94. The molecular weight excluding hydrogens is 316 g/mol. The number of rotatable bonds is 4. The molecule has 0 saturated carbocycles. The summed E-state index contributed by atoms with van der Waals surface area (Å²) in [5.74, 6) is 0. The van der Waals surface area contributed by atoms with E-state index >= 15 is 0 Å². The largest absolute Gasteiger partial charge is 0.389 e. The minimum Gasteiger partial charge on any atom is -0.389 e. The van der Waals surface area contributed by atoms with Gasteiger partial charge in [0.2, 0.25) is 0 Å². The Balaban J connectivity index is 1.75.